The fraction of sp³-hybridized carbons (Fsp3) is 0. The van der Waals surface area contributed by atoms with Gasteiger partial charge in [-0.15, -0.1) is 0 Å². The molecule has 28 heavy (non-hydrogen) atoms. The summed E-state index contributed by atoms with van der Waals surface area (Å²) < 4.78 is 0. The second-order valence-corrected chi connectivity index (χ2v) is 7.42. The molecule has 142 valence electrons. The van der Waals surface area contributed by atoms with Crippen LogP contribution in [0.5, 0.6) is 0 Å². The lowest BCUT2D eigenvalue weighted by molar-refractivity contribution is 0.101. The molecular formula is C20H12Cl4N2O2. The van der Waals surface area contributed by atoms with Crippen LogP contribution < -0.4 is 10.6 Å². The maximum Gasteiger partial charge on any atom is 0.255 e. The molecule has 0 aliphatic rings. The first-order chi connectivity index (χ1) is 13.3. The van der Waals surface area contributed by atoms with Gasteiger partial charge in [0.15, 0.2) is 0 Å². The van der Waals surface area contributed by atoms with E-state index in [-0.39, 0.29) is 21.9 Å². The Morgan fingerprint density at radius 1 is 0.571 bits per heavy atom. The molecular weight excluding hydrogens is 442 g/mol. The maximum absolute atomic E-state index is 12.3. The maximum atomic E-state index is 12.3. The Bertz CT molecular complexity index is 950. The van der Waals surface area contributed by atoms with Gasteiger partial charge < -0.3 is 10.6 Å². The van der Waals surface area contributed by atoms with Gasteiger partial charge in [-0.2, -0.15) is 0 Å². The summed E-state index contributed by atoms with van der Waals surface area (Å²) in [4.78, 5) is 24.7. The molecule has 8 heteroatoms. The third-order valence-corrected chi connectivity index (χ3v) is 4.90. The number of carbonyl (C=O) groups excluding carboxylic acids is 2. The normalized spacial score (nSPS) is 10.4. The van der Waals surface area contributed by atoms with Crippen LogP contribution in [0.15, 0.2) is 60.7 Å². The summed E-state index contributed by atoms with van der Waals surface area (Å²) in [5.41, 5.74) is 1.46. The van der Waals surface area contributed by atoms with Gasteiger partial charge in [0.1, 0.15) is 0 Å². The van der Waals surface area contributed by atoms with Gasteiger partial charge in [-0.05, 0) is 60.7 Å². The van der Waals surface area contributed by atoms with Crippen LogP contribution in [-0.4, -0.2) is 11.8 Å². The number of hydrogen-bond donors (Lipinski definition) is 2. The summed E-state index contributed by atoms with van der Waals surface area (Å²) in [6.45, 7) is 0. The van der Waals surface area contributed by atoms with E-state index in [9.17, 15) is 9.59 Å². The Labute approximate surface area is 181 Å². The highest BCUT2D eigenvalue weighted by molar-refractivity contribution is 6.38. The predicted octanol–water partition coefficient (Wildman–Crippen LogP) is 6.80. The van der Waals surface area contributed by atoms with Gasteiger partial charge in [-0.1, -0.05) is 46.4 Å². The SMILES string of the molecule is O=C(Nc1cc(Cl)c(NC(=O)c2ccc(Cl)cc2)cc1Cl)c1ccc(Cl)cc1. The highest BCUT2D eigenvalue weighted by atomic mass is 35.5. The van der Waals surface area contributed by atoms with Crippen molar-refractivity contribution in [1.82, 2.24) is 0 Å². The van der Waals surface area contributed by atoms with Gasteiger partial charge in [0.05, 0.1) is 21.4 Å². The van der Waals surface area contributed by atoms with E-state index < -0.39 is 0 Å². The first-order valence-electron chi connectivity index (χ1n) is 7.96. The molecule has 0 radical (unpaired) electrons. The van der Waals surface area contributed by atoms with Crippen LogP contribution in [-0.2, 0) is 0 Å². The molecule has 0 aromatic heterocycles. The van der Waals surface area contributed by atoms with E-state index in [4.69, 9.17) is 46.4 Å². The number of benzene rings is 3. The molecule has 2 N–H and O–H groups in total. The fourth-order valence-corrected chi connectivity index (χ4v) is 3.00. The monoisotopic (exact) mass is 452 g/mol. The zero-order valence-corrected chi connectivity index (χ0v) is 17.1. The summed E-state index contributed by atoms with van der Waals surface area (Å²) in [6.07, 6.45) is 0. The van der Waals surface area contributed by atoms with Crippen LogP contribution in [0.25, 0.3) is 0 Å². The number of anilines is 2. The number of amides is 2. The van der Waals surface area contributed by atoms with E-state index in [1.807, 2.05) is 0 Å². The van der Waals surface area contributed by atoms with Crippen molar-refractivity contribution in [3.05, 3.63) is 91.9 Å². The molecule has 0 aliphatic carbocycles. The largest absolute Gasteiger partial charge is 0.321 e. The molecule has 2 amide bonds. The van der Waals surface area contributed by atoms with Crippen molar-refractivity contribution in [2.75, 3.05) is 10.6 Å². The van der Waals surface area contributed by atoms with Crippen molar-refractivity contribution in [2.24, 2.45) is 0 Å². The summed E-state index contributed by atoms with van der Waals surface area (Å²) in [7, 11) is 0. The fourth-order valence-electron chi connectivity index (χ4n) is 2.33. The van der Waals surface area contributed by atoms with Crippen molar-refractivity contribution in [1.29, 1.82) is 0 Å². The number of carbonyl (C=O) groups is 2. The lowest BCUT2D eigenvalue weighted by atomic mass is 10.2. The van der Waals surface area contributed by atoms with Gasteiger partial charge in [-0.25, -0.2) is 0 Å². The molecule has 0 spiro atoms. The Morgan fingerprint density at radius 3 is 1.21 bits per heavy atom. The smallest absolute Gasteiger partial charge is 0.255 e. The molecule has 0 atom stereocenters. The van der Waals surface area contributed by atoms with Gasteiger partial charge in [0.2, 0.25) is 0 Å². The zero-order valence-electron chi connectivity index (χ0n) is 14.1. The summed E-state index contributed by atoms with van der Waals surface area (Å²) in [5.74, 6) is -0.736. The van der Waals surface area contributed by atoms with E-state index in [2.05, 4.69) is 10.6 Å². The quantitative estimate of drug-likeness (QED) is 0.456. The second kappa shape index (κ2) is 8.84. The molecule has 0 fully saturated rings. The van der Waals surface area contributed by atoms with E-state index in [1.54, 1.807) is 48.5 Å². The summed E-state index contributed by atoms with van der Waals surface area (Å²) >= 11 is 24.1. The number of hydrogen-bond acceptors (Lipinski definition) is 2. The first-order valence-corrected chi connectivity index (χ1v) is 9.47. The average molecular weight is 454 g/mol. The Balaban J connectivity index is 1.76. The molecule has 0 unspecified atom stereocenters. The van der Waals surface area contributed by atoms with Gasteiger partial charge in [0, 0.05) is 21.2 Å². The minimum Gasteiger partial charge on any atom is -0.321 e. The molecule has 3 rings (SSSR count). The molecule has 3 aromatic carbocycles. The minimum atomic E-state index is -0.368. The van der Waals surface area contributed by atoms with Gasteiger partial charge in [0.25, 0.3) is 11.8 Å². The topological polar surface area (TPSA) is 58.2 Å². The minimum absolute atomic E-state index is 0.220. The van der Waals surface area contributed by atoms with Crippen LogP contribution in [0, 0.1) is 0 Å². The van der Waals surface area contributed by atoms with Crippen LogP contribution in [0.4, 0.5) is 11.4 Å². The van der Waals surface area contributed by atoms with Crippen molar-refractivity contribution in [3.63, 3.8) is 0 Å². The van der Waals surface area contributed by atoms with Crippen LogP contribution in [0.2, 0.25) is 20.1 Å². The van der Waals surface area contributed by atoms with Crippen LogP contribution in [0.3, 0.4) is 0 Å². The van der Waals surface area contributed by atoms with Crippen molar-refractivity contribution in [3.8, 4) is 0 Å². The highest BCUT2D eigenvalue weighted by Gasteiger charge is 2.14. The summed E-state index contributed by atoms with van der Waals surface area (Å²) in [6, 6.07) is 15.7. The number of halogens is 4. The number of rotatable bonds is 4. The molecule has 4 nitrogen and oxygen atoms in total. The van der Waals surface area contributed by atoms with Crippen molar-refractivity contribution in [2.45, 2.75) is 0 Å². The van der Waals surface area contributed by atoms with Crippen LogP contribution in [0.1, 0.15) is 20.7 Å². The van der Waals surface area contributed by atoms with E-state index in [0.717, 1.165) is 0 Å². The lowest BCUT2D eigenvalue weighted by Gasteiger charge is -2.12. The van der Waals surface area contributed by atoms with Gasteiger partial charge >= 0.3 is 0 Å². The summed E-state index contributed by atoms with van der Waals surface area (Å²) in [5, 5.41) is 6.85. The average Bonchev–Trinajstić information content (AvgIpc) is 2.66. The molecule has 0 saturated carbocycles. The highest BCUT2D eigenvalue weighted by Crippen LogP contribution is 2.33. The van der Waals surface area contributed by atoms with Crippen molar-refractivity contribution < 1.29 is 9.59 Å². The lowest BCUT2D eigenvalue weighted by Crippen LogP contribution is -2.14. The van der Waals surface area contributed by atoms with E-state index >= 15 is 0 Å². The van der Waals surface area contributed by atoms with E-state index in [1.165, 1.54) is 12.1 Å². The van der Waals surface area contributed by atoms with Crippen LogP contribution >= 0.6 is 46.4 Å². The van der Waals surface area contributed by atoms with E-state index in [0.29, 0.717) is 32.5 Å². The Morgan fingerprint density at radius 2 is 0.893 bits per heavy atom. The molecule has 0 bridgehead atoms. The zero-order chi connectivity index (χ0) is 20.3. The third kappa shape index (κ3) is 4.97. The van der Waals surface area contributed by atoms with Gasteiger partial charge in [-0.3, -0.25) is 9.59 Å². The molecule has 0 heterocycles. The standard InChI is InChI=1S/C20H12Cl4N2O2/c21-13-5-1-11(2-6-13)19(27)25-17-9-16(24)18(10-15(17)23)26-20(28)12-3-7-14(22)8-4-12/h1-10H,(H,25,27)(H,26,28). The number of nitrogens with one attached hydrogen (secondary N) is 2. The van der Waals surface area contributed by atoms with Crippen molar-refractivity contribution >= 4 is 69.6 Å². The Kier molecular flexibility index (Phi) is 6.47. The first kappa shape index (κ1) is 20.5. The molecule has 3 aromatic rings. The Hall–Kier alpha value is -2.24. The predicted molar refractivity (Wildman–Crippen MR) is 115 cm³/mol. The second-order valence-electron chi connectivity index (χ2n) is 5.73. The molecule has 0 saturated heterocycles. The molecule has 0 aliphatic heterocycles. The third-order valence-electron chi connectivity index (χ3n) is 3.77.